The third kappa shape index (κ3) is 1.08. The molecule has 2 rings (SSSR count). The van der Waals surface area contributed by atoms with E-state index in [0.717, 1.165) is 13.1 Å². The summed E-state index contributed by atoms with van der Waals surface area (Å²) in [5.74, 6) is 0.549. The van der Waals surface area contributed by atoms with Gasteiger partial charge in [-0.25, -0.2) is 8.42 Å². The van der Waals surface area contributed by atoms with Crippen molar-refractivity contribution in [2.45, 2.75) is 12.0 Å². The van der Waals surface area contributed by atoms with Gasteiger partial charge in [-0.3, -0.25) is 4.90 Å². The Morgan fingerprint density at radius 2 is 1.92 bits per heavy atom. The smallest absolute Gasteiger partial charge is 0.154 e. The number of nitrogens with two attached hydrogens (primary N) is 1. The monoisotopic (exact) mass is 190 g/mol. The summed E-state index contributed by atoms with van der Waals surface area (Å²) in [7, 11) is -2.74. The molecule has 0 aromatic carbocycles. The van der Waals surface area contributed by atoms with Gasteiger partial charge in [0.05, 0.1) is 17.0 Å². The highest BCUT2D eigenvalue weighted by Gasteiger charge is 2.52. The molecule has 0 atom stereocenters. The number of nitrogens with zero attached hydrogens (tertiary/aromatic N) is 1. The lowest BCUT2D eigenvalue weighted by Gasteiger charge is -2.52. The van der Waals surface area contributed by atoms with Crippen molar-refractivity contribution in [3.8, 4) is 0 Å². The molecule has 2 aliphatic rings. The summed E-state index contributed by atoms with van der Waals surface area (Å²) in [5.41, 5.74) is 5.41. The standard InChI is InChI=1S/C7H14N2O2S/c8-4-7(9-2-1-3-9)5-12(10,11)6-7/h1-6,8H2. The zero-order valence-corrected chi connectivity index (χ0v) is 7.81. The van der Waals surface area contributed by atoms with Crippen LogP contribution in [0.15, 0.2) is 0 Å². The summed E-state index contributed by atoms with van der Waals surface area (Å²) >= 11 is 0. The van der Waals surface area contributed by atoms with E-state index < -0.39 is 9.84 Å². The van der Waals surface area contributed by atoms with Crippen molar-refractivity contribution < 1.29 is 8.42 Å². The zero-order chi connectivity index (χ0) is 8.82. The van der Waals surface area contributed by atoms with Crippen LogP contribution in [-0.2, 0) is 9.84 Å². The number of sulfone groups is 1. The average Bonchev–Trinajstić information content (AvgIpc) is 1.78. The summed E-state index contributed by atoms with van der Waals surface area (Å²) in [6.45, 7) is 2.52. The van der Waals surface area contributed by atoms with Crippen molar-refractivity contribution in [2.75, 3.05) is 31.1 Å². The second kappa shape index (κ2) is 2.43. The molecule has 2 saturated heterocycles. The number of likely N-dealkylation sites (tertiary alicyclic amines) is 1. The topological polar surface area (TPSA) is 63.4 Å². The van der Waals surface area contributed by atoms with Gasteiger partial charge in [0.15, 0.2) is 9.84 Å². The Morgan fingerprint density at radius 3 is 2.17 bits per heavy atom. The first-order chi connectivity index (χ1) is 5.58. The summed E-state index contributed by atoms with van der Waals surface area (Å²) < 4.78 is 22.0. The van der Waals surface area contributed by atoms with Gasteiger partial charge in [-0.1, -0.05) is 0 Å². The predicted molar refractivity (Wildman–Crippen MR) is 46.6 cm³/mol. The average molecular weight is 190 g/mol. The fraction of sp³-hybridized carbons (Fsp3) is 1.00. The Hall–Kier alpha value is -0.130. The molecule has 0 radical (unpaired) electrons. The minimum absolute atomic E-state index is 0.183. The maximum Gasteiger partial charge on any atom is 0.154 e. The molecule has 2 heterocycles. The van der Waals surface area contributed by atoms with Crippen molar-refractivity contribution >= 4 is 9.84 Å². The van der Waals surface area contributed by atoms with E-state index in [1.54, 1.807) is 0 Å². The third-order valence-corrected chi connectivity index (χ3v) is 4.84. The van der Waals surface area contributed by atoms with Gasteiger partial charge in [0.25, 0.3) is 0 Å². The zero-order valence-electron chi connectivity index (χ0n) is 6.99. The first-order valence-electron chi connectivity index (χ1n) is 4.24. The number of hydrogen-bond donors (Lipinski definition) is 1. The third-order valence-electron chi connectivity index (χ3n) is 2.88. The Kier molecular flexibility index (Phi) is 1.72. The molecule has 70 valence electrons. The molecule has 2 fully saturated rings. The molecule has 0 aliphatic carbocycles. The maximum atomic E-state index is 11.0. The van der Waals surface area contributed by atoms with Crippen molar-refractivity contribution in [2.24, 2.45) is 5.73 Å². The Morgan fingerprint density at radius 1 is 1.33 bits per heavy atom. The first-order valence-corrected chi connectivity index (χ1v) is 6.06. The molecule has 5 heteroatoms. The number of hydrogen-bond acceptors (Lipinski definition) is 4. The second-order valence-corrected chi connectivity index (χ2v) is 5.87. The normalized spacial score (nSPS) is 32.1. The molecule has 0 unspecified atom stereocenters. The van der Waals surface area contributed by atoms with Crippen LogP contribution in [0.3, 0.4) is 0 Å². The largest absolute Gasteiger partial charge is 0.329 e. The van der Waals surface area contributed by atoms with Gasteiger partial charge in [-0.2, -0.15) is 0 Å². The van der Waals surface area contributed by atoms with Gasteiger partial charge in [0.1, 0.15) is 0 Å². The summed E-state index contributed by atoms with van der Waals surface area (Å²) in [4.78, 5) is 2.20. The van der Waals surface area contributed by atoms with Gasteiger partial charge in [0, 0.05) is 19.6 Å². The van der Waals surface area contributed by atoms with Crippen molar-refractivity contribution in [3.05, 3.63) is 0 Å². The molecule has 4 nitrogen and oxygen atoms in total. The molecule has 0 saturated carbocycles. The van der Waals surface area contributed by atoms with Crippen LogP contribution in [0.4, 0.5) is 0 Å². The van der Waals surface area contributed by atoms with Crippen LogP contribution in [0.1, 0.15) is 6.42 Å². The minimum atomic E-state index is -2.74. The van der Waals surface area contributed by atoms with Crippen LogP contribution in [0.25, 0.3) is 0 Å². The van der Waals surface area contributed by atoms with Gasteiger partial charge < -0.3 is 5.73 Å². The van der Waals surface area contributed by atoms with Crippen molar-refractivity contribution in [1.29, 1.82) is 0 Å². The van der Waals surface area contributed by atoms with Crippen LogP contribution in [0, 0.1) is 0 Å². The van der Waals surface area contributed by atoms with Crippen molar-refractivity contribution in [3.63, 3.8) is 0 Å². The molecule has 0 amide bonds. The van der Waals surface area contributed by atoms with E-state index in [9.17, 15) is 8.42 Å². The van der Waals surface area contributed by atoms with E-state index in [2.05, 4.69) is 4.90 Å². The minimum Gasteiger partial charge on any atom is -0.329 e. The quantitative estimate of drug-likeness (QED) is 0.595. The molecular weight excluding hydrogens is 176 g/mol. The highest BCUT2D eigenvalue weighted by molar-refractivity contribution is 7.93. The van der Waals surface area contributed by atoms with E-state index in [1.807, 2.05) is 0 Å². The van der Waals surface area contributed by atoms with Crippen LogP contribution in [0.5, 0.6) is 0 Å². The van der Waals surface area contributed by atoms with Gasteiger partial charge in [-0.05, 0) is 6.42 Å². The van der Waals surface area contributed by atoms with E-state index in [0.29, 0.717) is 6.54 Å². The SMILES string of the molecule is NCC1(N2CCC2)CS(=O)(=O)C1. The van der Waals surface area contributed by atoms with Crippen molar-refractivity contribution in [1.82, 2.24) is 4.90 Å². The summed E-state index contributed by atoms with van der Waals surface area (Å²) in [6.07, 6.45) is 1.18. The van der Waals surface area contributed by atoms with Crippen LogP contribution in [-0.4, -0.2) is 50.0 Å². The molecule has 0 aromatic heterocycles. The Balaban J connectivity index is 2.08. The first kappa shape index (κ1) is 8.47. The van der Waals surface area contributed by atoms with Gasteiger partial charge in [0.2, 0.25) is 0 Å². The van der Waals surface area contributed by atoms with Crippen LogP contribution < -0.4 is 5.73 Å². The summed E-state index contributed by atoms with van der Waals surface area (Å²) in [5, 5.41) is 0. The van der Waals surface area contributed by atoms with Gasteiger partial charge >= 0.3 is 0 Å². The molecule has 12 heavy (non-hydrogen) atoms. The number of rotatable bonds is 2. The predicted octanol–water partition coefficient (Wildman–Crippen LogP) is -1.18. The lowest BCUT2D eigenvalue weighted by atomic mass is 9.97. The lowest BCUT2D eigenvalue weighted by molar-refractivity contribution is 0.0556. The second-order valence-electron chi connectivity index (χ2n) is 3.80. The van der Waals surface area contributed by atoms with E-state index in [4.69, 9.17) is 5.73 Å². The van der Waals surface area contributed by atoms with Crippen LogP contribution in [0.2, 0.25) is 0 Å². The maximum absolute atomic E-state index is 11.0. The van der Waals surface area contributed by atoms with Gasteiger partial charge in [-0.15, -0.1) is 0 Å². The van der Waals surface area contributed by atoms with E-state index in [-0.39, 0.29) is 17.0 Å². The highest BCUT2D eigenvalue weighted by atomic mass is 32.2. The fourth-order valence-electron chi connectivity index (χ4n) is 2.00. The fourth-order valence-corrected chi connectivity index (χ4v) is 4.15. The molecule has 2 N–H and O–H groups in total. The molecule has 2 aliphatic heterocycles. The lowest BCUT2D eigenvalue weighted by Crippen LogP contribution is -2.71. The van der Waals surface area contributed by atoms with E-state index >= 15 is 0 Å². The summed E-state index contributed by atoms with van der Waals surface area (Å²) in [6, 6.07) is 0. The van der Waals surface area contributed by atoms with E-state index in [1.165, 1.54) is 6.42 Å². The molecular formula is C7H14N2O2S. The Bertz CT molecular complexity index is 270. The molecule has 0 aromatic rings. The molecule has 0 bridgehead atoms. The molecule has 0 spiro atoms. The van der Waals surface area contributed by atoms with Crippen LogP contribution >= 0.6 is 0 Å². The highest BCUT2D eigenvalue weighted by Crippen LogP contribution is 2.32. The Labute approximate surface area is 72.6 Å².